The molecule has 0 aliphatic carbocycles. The summed E-state index contributed by atoms with van der Waals surface area (Å²) in [5, 5.41) is 14.6. The molecule has 5 heteroatoms. The van der Waals surface area contributed by atoms with E-state index in [-0.39, 0.29) is 5.75 Å². The van der Waals surface area contributed by atoms with Crippen molar-refractivity contribution < 1.29 is 5.11 Å². The highest BCUT2D eigenvalue weighted by Gasteiger charge is 2.11. The summed E-state index contributed by atoms with van der Waals surface area (Å²) in [5.74, 6) is 1.05. The van der Waals surface area contributed by atoms with Crippen molar-refractivity contribution in [2.45, 2.75) is 32.1 Å². The van der Waals surface area contributed by atoms with Crippen molar-refractivity contribution in [3.05, 3.63) is 83.7 Å². The molecule has 1 aliphatic heterocycles. The number of fused-ring (bicyclic) bond motifs is 1. The minimum absolute atomic E-state index is 0.246. The van der Waals surface area contributed by atoms with Crippen LogP contribution in [-0.2, 0) is 12.8 Å². The zero-order valence-electron chi connectivity index (χ0n) is 17.7. The lowest BCUT2D eigenvalue weighted by molar-refractivity contribution is 0.334. The molecule has 0 amide bonds. The van der Waals surface area contributed by atoms with Crippen molar-refractivity contribution >= 4 is 5.65 Å². The molecule has 0 spiro atoms. The number of phenols is 1. The first-order valence-corrected chi connectivity index (χ1v) is 11.2. The summed E-state index contributed by atoms with van der Waals surface area (Å²) in [6.45, 7) is 3.77. The molecule has 0 radical (unpaired) electrons. The van der Waals surface area contributed by atoms with E-state index in [1.54, 1.807) is 12.1 Å². The van der Waals surface area contributed by atoms with Gasteiger partial charge in [0.15, 0.2) is 11.5 Å². The second-order valence-corrected chi connectivity index (χ2v) is 8.40. The lowest BCUT2D eigenvalue weighted by Gasteiger charge is -2.13. The number of benzene rings is 2. The maximum absolute atomic E-state index is 9.83. The van der Waals surface area contributed by atoms with Crippen LogP contribution < -0.4 is 0 Å². The van der Waals surface area contributed by atoms with Gasteiger partial charge in [0, 0.05) is 12.0 Å². The number of nitrogens with zero attached hydrogens (tertiary/aromatic N) is 4. The molecule has 5 rings (SSSR count). The molecule has 1 aliphatic rings. The molecule has 158 valence electrons. The Kier molecular flexibility index (Phi) is 5.67. The van der Waals surface area contributed by atoms with Crippen molar-refractivity contribution in [1.29, 1.82) is 0 Å². The molecular weight excluding hydrogens is 384 g/mol. The highest BCUT2D eigenvalue weighted by molar-refractivity contribution is 5.64. The van der Waals surface area contributed by atoms with Crippen LogP contribution in [0.4, 0.5) is 0 Å². The molecule has 5 nitrogen and oxygen atoms in total. The van der Waals surface area contributed by atoms with Crippen LogP contribution in [-0.4, -0.2) is 44.2 Å². The molecular formula is C26H28N4O. The van der Waals surface area contributed by atoms with Gasteiger partial charge in [-0.1, -0.05) is 42.5 Å². The monoisotopic (exact) mass is 412 g/mol. The number of aromatic nitrogens is 3. The molecule has 1 saturated heterocycles. The molecule has 1 fully saturated rings. The number of likely N-dealkylation sites (tertiary alicyclic amines) is 1. The van der Waals surface area contributed by atoms with Gasteiger partial charge in [0.1, 0.15) is 5.75 Å². The molecule has 0 bridgehead atoms. The molecule has 2 aromatic heterocycles. The van der Waals surface area contributed by atoms with Crippen LogP contribution in [0.1, 0.15) is 36.2 Å². The Morgan fingerprint density at radius 3 is 2.45 bits per heavy atom. The van der Waals surface area contributed by atoms with Crippen LogP contribution in [0.2, 0.25) is 0 Å². The van der Waals surface area contributed by atoms with Gasteiger partial charge in [-0.15, -0.1) is 0 Å². The Labute approximate surface area is 183 Å². The van der Waals surface area contributed by atoms with Crippen molar-refractivity contribution in [2.75, 3.05) is 19.6 Å². The lowest BCUT2D eigenvalue weighted by atomic mass is 10.1. The molecule has 0 saturated carbocycles. The first-order valence-electron chi connectivity index (χ1n) is 11.2. The summed E-state index contributed by atoms with van der Waals surface area (Å²) < 4.78 is 1.86. The SMILES string of the molecule is Oc1cccc(-c2cccc3nc(Cc4ccc(CCCN5CCCC5)cc4)nn23)c1. The van der Waals surface area contributed by atoms with E-state index in [1.807, 2.05) is 34.8 Å². The Morgan fingerprint density at radius 1 is 0.871 bits per heavy atom. The number of rotatable bonds is 7. The molecule has 0 atom stereocenters. The molecule has 2 aromatic carbocycles. The largest absolute Gasteiger partial charge is 0.508 e. The average molecular weight is 413 g/mol. The zero-order chi connectivity index (χ0) is 21.0. The van der Waals surface area contributed by atoms with Crippen LogP contribution in [0, 0.1) is 0 Å². The van der Waals surface area contributed by atoms with Crippen molar-refractivity contribution in [3.63, 3.8) is 0 Å². The van der Waals surface area contributed by atoms with E-state index in [1.165, 1.54) is 50.0 Å². The lowest BCUT2D eigenvalue weighted by Crippen LogP contribution is -2.20. The highest BCUT2D eigenvalue weighted by atomic mass is 16.3. The summed E-state index contributed by atoms with van der Waals surface area (Å²) in [6.07, 6.45) is 5.79. The van der Waals surface area contributed by atoms with Crippen molar-refractivity contribution in [3.8, 4) is 17.0 Å². The van der Waals surface area contributed by atoms with E-state index in [0.29, 0.717) is 6.42 Å². The predicted octanol–water partition coefficient (Wildman–Crippen LogP) is 4.72. The van der Waals surface area contributed by atoms with Gasteiger partial charge < -0.3 is 10.0 Å². The third-order valence-corrected chi connectivity index (χ3v) is 6.07. The third kappa shape index (κ3) is 4.62. The highest BCUT2D eigenvalue weighted by Crippen LogP contribution is 2.24. The fraction of sp³-hybridized carbons (Fsp3) is 0.308. The smallest absolute Gasteiger partial charge is 0.156 e. The van der Waals surface area contributed by atoms with Crippen LogP contribution in [0.25, 0.3) is 16.9 Å². The number of phenolic OH excluding ortho intramolecular Hbond substituents is 1. The van der Waals surface area contributed by atoms with Gasteiger partial charge in [-0.2, -0.15) is 5.10 Å². The van der Waals surface area contributed by atoms with Crippen LogP contribution in [0.3, 0.4) is 0 Å². The fourth-order valence-electron chi connectivity index (χ4n) is 4.43. The number of hydrogen-bond acceptors (Lipinski definition) is 4. The van der Waals surface area contributed by atoms with E-state index < -0.39 is 0 Å². The number of hydrogen-bond donors (Lipinski definition) is 1. The van der Waals surface area contributed by atoms with Gasteiger partial charge in [-0.3, -0.25) is 0 Å². The van der Waals surface area contributed by atoms with Gasteiger partial charge in [-0.05, 0) is 80.7 Å². The second kappa shape index (κ2) is 8.90. The van der Waals surface area contributed by atoms with Crippen LogP contribution >= 0.6 is 0 Å². The average Bonchev–Trinajstić information content (AvgIpc) is 3.44. The topological polar surface area (TPSA) is 53.7 Å². The molecule has 0 unspecified atom stereocenters. The van der Waals surface area contributed by atoms with Crippen LogP contribution in [0.5, 0.6) is 5.75 Å². The first-order chi connectivity index (χ1) is 15.2. The summed E-state index contributed by atoms with van der Waals surface area (Å²) in [6, 6.07) is 22.1. The number of pyridine rings is 1. The van der Waals surface area contributed by atoms with E-state index >= 15 is 0 Å². The molecule has 4 aromatic rings. The normalized spacial score (nSPS) is 14.5. The van der Waals surface area contributed by atoms with E-state index in [0.717, 1.165) is 29.1 Å². The maximum Gasteiger partial charge on any atom is 0.156 e. The molecule has 1 N–H and O–H groups in total. The first kappa shape index (κ1) is 19.8. The Bertz CT molecular complexity index is 1160. The fourth-order valence-corrected chi connectivity index (χ4v) is 4.43. The van der Waals surface area contributed by atoms with Crippen molar-refractivity contribution in [2.24, 2.45) is 0 Å². The summed E-state index contributed by atoms with van der Waals surface area (Å²) in [4.78, 5) is 7.29. The Balaban J connectivity index is 1.27. The molecule has 31 heavy (non-hydrogen) atoms. The summed E-state index contributed by atoms with van der Waals surface area (Å²) in [7, 11) is 0. The summed E-state index contributed by atoms with van der Waals surface area (Å²) in [5.41, 5.74) is 5.27. The summed E-state index contributed by atoms with van der Waals surface area (Å²) >= 11 is 0. The van der Waals surface area contributed by atoms with Gasteiger partial charge in [0.25, 0.3) is 0 Å². The number of aromatic hydroxyl groups is 1. The number of aryl methyl sites for hydroxylation is 1. The van der Waals surface area contributed by atoms with Gasteiger partial charge in [-0.25, -0.2) is 9.50 Å². The zero-order valence-corrected chi connectivity index (χ0v) is 17.7. The third-order valence-electron chi connectivity index (χ3n) is 6.07. The predicted molar refractivity (Wildman–Crippen MR) is 123 cm³/mol. The molecule has 3 heterocycles. The maximum atomic E-state index is 9.83. The Hall–Kier alpha value is -3.18. The van der Waals surface area contributed by atoms with Gasteiger partial charge in [0.2, 0.25) is 0 Å². The van der Waals surface area contributed by atoms with Crippen molar-refractivity contribution in [1.82, 2.24) is 19.5 Å². The quantitative estimate of drug-likeness (QED) is 0.477. The standard InChI is InChI=1S/C26H28N4O/c31-23-8-3-7-22(19-23)24-9-4-10-26-27-25(28-30(24)26)18-21-13-11-20(12-14-21)6-5-17-29-15-1-2-16-29/h3-4,7-14,19,31H,1-2,5-6,15-18H2. The van der Waals surface area contributed by atoms with E-state index in [2.05, 4.69) is 29.2 Å². The van der Waals surface area contributed by atoms with E-state index in [9.17, 15) is 5.11 Å². The minimum atomic E-state index is 0.246. The van der Waals surface area contributed by atoms with Gasteiger partial charge in [0.05, 0.1) is 5.69 Å². The Morgan fingerprint density at radius 2 is 1.65 bits per heavy atom. The van der Waals surface area contributed by atoms with E-state index in [4.69, 9.17) is 10.1 Å². The minimum Gasteiger partial charge on any atom is -0.508 e. The van der Waals surface area contributed by atoms with Crippen LogP contribution in [0.15, 0.2) is 66.7 Å². The van der Waals surface area contributed by atoms with Gasteiger partial charge >= 0.3 is 0 Å². The second-order valence-electron chi connectivity index (χ2n) is 8.40.